The maximum atomic E-state index is 11.7. The smallest absolute Gasteiger partial charge is 0.411 e. The third-order valence-corrected chi connectivity index (χ3v) is 4.15. The number of ether oxygens (including phenoxy) is 2. The van der Waals surface area contributed by atoms with Crippen LogP contribution >= 0.6 is 12.4 Å². The van der Waals surface area contributed by atoms with Crippen molar-refractivity contribution in [3.8, 4) is 5.75 Å². The molecular formula is C20H35ClN2O3. The van der Waals surface area contributed by atoms with Gasteiger partial charge in [0, 0.05) is 12.2 Å². The molecule has 0 bridgehead atoms. The van der Waals surface area contributed by atoms with Gasteiger partial charge in [0.05, 0.1) is 6.61 Å². The summed E-state index contributed by atoms with van der Waals surface area (Å²) >= 11 is 0. The molecule has 26 heavy (non-hydrogen) atoms. The van der Waals surface area contributed by atoms with E-state index in [1.807, 2.05) is 24.3 Å². The van der Waals surface area contributed by atoms with Crippen LogP contribution in [0.2, 0.25) is 0 Å². The fourth-order valence-corrected chi connectivity index (χ4v) is 2.49. The molecule has 5 nitrogen and oxygen atoms in total. The Kier molecular flexibility index (Phi) is 14.9. The van der Waals surface area contributed by atoms with Gasteiger partial charge in [0.1, 0.15) is 12.4 Å². The van der Waals surface area contributed by atoms with E-state index in [2.05, 4.69) is 31.0 Å². The van der Waals surface area contributed by atoms with E-state index in [9.17, 15) is 4.79 Å². The second-order valence-electron chi connectivity index (χ2n) is 6.07. The molecule has 0 heterocycles. The van der Waals surface area contributed by atoms with Crippen LogP contribution in [0.15, 0.2) is 24.3 Å². The number of anilines is 1. The van der Waals surface area contributed by atoms with E-state index in [-0.39, 0.29) is 12.4 Å². The fourth-order valence-electron chi connectivity index (χ4n) is 2.49. The van der Waals surface area contributed by atoms with Crippen LogP contribution in [0.5, 0.6) is 5.75 Å². The first-order valence-electron chi connectivity index (χ1n) is 9.58. The van der Waals surface area contributed by atoms with Crippen LogP contribution in [0.1, 0.15) is 52.9 Å². The Morgan fingerprint density at radius 2 is 1.62 bits per heavy atom. The Bertz CT molecular complexity index is 465. The molecule has 1 aromatic rings. The highest BCUT2D eigenvalue weighted by atomic mass is 35.5. The summed E-state index contributed by atoms with van der Waals surface area (Å²) in [6.45, 7) is 10.6. The second kappa shape index (κ2) is 15.8. The van der Waals surface area contributed by atoms with Crippen LogP contribution in [0.4, 0.5) is 10.5 Å². The summed E-state index contributed by atoms with van der Waals surface area (Å²) in [6, 6.07) is 7.38. The van der Waals surface area contributed by atoms with Crippen molar-refractivity contribution in [1.29, 1.82) is 0 Å². The van der Waals surface area contributed by atoms with E-state index in [0.717, 1.165) is 38.2 Å². The normalized spacial score (nSPS) is 10.3. The number of carbonyl (C=O) groups is 1. The molecule has 1 N–H and O–H groups in total. The SMILES string of the molecule is CCCCCCCOC(=O)Nc1ccc(OCCN(CC)CC)cc1.Cl. The lowest BCUT2D eigenvalue weighted by molar-refractivity contribution is 0.159. The van der Waals surface area contributed by atoms with Crippen LogP contribution in [0.25, 0.3) is 0 Å². The molecule has 0 aromatic heterocycles. The van der Waals surface area contributed by atoms with Crippen LogP contribution in [0.3, 0.4) is 0 Å². The molecule has 1 aromatic carbocycles. The van der Waals surface area contributed by atoms with Gasteiger partial charge in [-0.2, -0.15) is 0 Å². The van der Waals surface area contributed by atoms with Gasteiger partial charge < -0.3 is 14.4 Å². The lowest BCUT2D eigenvalue weighted by Gasteiger charge is -2.18. The van der Waals surface area contributed by atoms with Crippen molar-refractivity contribution in [2.75, 3.05) is 38.2 Å². The molecule has 0 spiro atoms. The van der Waals surface area contributed by atoms with E-state index in [1.165, 1.54) is 19.3 Å². The number of unbranched alkanes of at least 4 members (excludes halogenated alkanes) is 4. The fraction of sp³-hybridized carbons (Fsp3) is 0.650. The zero-order valence-electron chi connectivity index (χ0n) is 16.5. The van der Waals surface area contributed by atoms with Crippen LogP contribution in [0, 0.1) is 0 Å². The standard InChI is InChI=1S/C20H34N2O3.ClH/c1-4-7-8-9-10-16-25-20(23)21-18-11-13-19(14-12-18)24-17-15-22(5-2)6-3;/h11-14H,4-10,15-17H2,1-3H3,(H,21,23);1H. The number of amides is 1. The minimum absolute atomic E-state index is 0. The Morgan fingerprint density at radius 1 is 0.962 bits per heavy atom. The second-order valence-corrected chi connectivity index (χ2v) is 6.07. The van der Waals surface area contributed by atoms with Gasteiger partial charge in [0.25, 0.3) is 0 Å². The van der Waals surface area contributed by atoms with Crippen molar-refractivity contribution < 1.29 is 14.3 Å². The molecular weight excluding hydrogens is 352 g/mol. The largest absolute Gasteiger partial charge is 0.492 e. The number of halogens is 1. The Morgan fingerprint density at radius 3 is 2.23 bits per heavy atom. The van der Waals surface area contributed by atoms with Gasteiger partial charge >= 0.3 is 6.09 Å². The number of nitrogens with one attached hydrogen (secondary N) is 1. The molecule has 150 valence electrons. The third-order valence-electron chi connectivity index (χ3n) is 4.15. The van der Waals surface area contributed by atoms with Gasteiger partial charge in [-0.05, 0) is 43.8 Å². The molecule has 0 aliphatic rings. The Labute approximate surface area is 164 Å². The summed E-state index contributed by atoms with van der Waals surface area (Å²) in [5, 5.41) is 2.74. The van der Waals surface area contributed by atoms with Crippen molar-refractivity contribution in [2.45, 2.75) is 52.9 Å². The van der Waals surface area contributed by atoms with E-state index < -0.39 is 6.09 Å². The Hall–Kier alpha value is -1.46. The highest BCUT2D eigenvalue weighted by molar-refractivity contribution is 5.85. The maximum Gasteiger partial charge on any atom is 0.411 e. The van der Waals surface area contributed by atoms with Gasteiger partial charge in [-0.3, -0.25) is 5.32 Å². The first-order chi connectivity index (χ1) is 12.2. The van der Waals surface area contributed by atoms with Gasteiger partial charge in [0.2, 0.25) is 0 Å². The number of benzene rings is 1. The van der Waals surface area contributed by atoms with E-state index in [4.69, 9.17) is 9.47 Å². The third kappa shape index (κ3) is 11.2. The van der Waals surface area contributed by atoms with Crippen molar-refractivity contribution in [2.24, 2.45) is 0 Å². The molecule has 0 saturated heterocycles. The molecule has 0 saturated carbocycles. The highest BCUT2D eigenvalue weighted by Gasteiger charge is 2.04. The summed E-state index contributed by atoms with van der Waals surface area (Å²) < 4.78 is 10.9. The minimum Gasteiger partial charge on any atom is -0.492 e. The number of hydrogen-bond acceptors (Lipinski definition) is 4. The summed E-state index contributed by atoms with van der Waals surface area (Å²) in [5.41, 5.74) is 0.715. The van der Waals surface area contributed by atoms with E-state index in [1.54, 1.807) is 0 Å². The molecule has 0 radical (unpaired) electrons. The average Bonchev–Trinajstić information content (AvgIpc) is 2.63. The van der Waals surface area contributed by atoms with Crippen molar-refractivity contribution in [3.05, 3.63) is 24.3 Å². The Balaban J connectivity index is 0.00000625. The molecule has 0 unspecified atom stereocenters. The average molecular weight is 387 g/mol. The molecule has 0 atom stereocenters. The van der Waals surface area contributed by atoms with Crippen LogP contribution < -0.4 is 10.1 Å². The zero-order valence-corrected chi connectivity index (χ0v) is 17.3. The van der Waals surface area contributed by atoms with E-state index >= 15 is 0 Å². The highest BCUT2D eigenvalue weighted by Crippen LogP contribution is 2.16. The number of nitrogens with zero attached hydrogens (tertiary/aromatic N) is 1. The lowest BCUT2D eigenvalue weighted by Crippen LogP contribution is -2.27. The summed E-state index contributed by atoms with van der Waals surface area (Å²) in [6.07, 6.45) is 5.31. The van der Waals surface area contributed by atoms with Crippen LogP contribution in [-0.4, -0.2) is 43.8 Å². The summed E-state index contributed by atoms with van der Waals surface area (Å²) in [7, 11) is 0. The first-order valence-corrected chi connectivity index (χ1v) is 9.58. The van der Waals surface area contributed by atoms with Gasteiger partial charge in [0.15, 0.2) is 0 Å². The number of rotatable bonds is 13. The van der Waals surface area contributed by atoms with Crippen molar-refractivity contribution >= 4 is 24.2 Å². The lowest BCUT2D eigenvalue weighted by atomic mass is 10.2. The maximum absolute atomic E-state index is 11.7. The first kappa shape index (κ1) is 24.5. The van der Waals surface area contributed by atoms with Gasteiger partial charge in [-0.1, -0.05) is 46.5 Å². The molecule has 1 rings (SSSR count). The summed E-state index contributed by atoms with van der Waals surface area (Å²) in [4.78, 5) is 14.0. The van der Waals surface area contributed by atoms with Crippen molar-refractivity contribution in [3.63, 3.8) is 0 Å². The molecule has 0 aliphatic carbocycles. The van der Waals surface area contributed by atoms with Crippen molar-refractivity contribution in [1.82, 2.24) is 4.90 Å². The predicted molar refractivity (Wildman–Crippen MR) is 111 cm³/mol. The topological polar surface area (TPSA) is 50.8 Å². The van der Waals surface area contributed by atoms with Crippen LogP contribution in [-0.2, 0) is 4.74 Å². The number of likely N-dealkylation sites (N-methyl/N-ethyl adjacent to an activating group) is 1. The molecule has 0 fully saturated rings. The van der Waals surface area contributed by atoms with E-state index in [0.29, 0.717) is 18.9 Å². The molecule has 6 heteroatoms. The predicted octanol–water partition coefficient (Wildman–Crippen LogP) is 5.35. The van der Waals surface area contributed by atoms with Gasteiger partial charge in [-0.25, -0.2) is 4.79 Å². The molecule has 0 aliphatic heterocycles. The number of hydrogen-bond donors (Lipinski definition) is 1. The number of carbonyl (C=O) groups excluding carboxylic acids is 1. The van der Waals surface area contributed by atoms with Gasteiger partial charge in [-0.15, -0.1) is 12.4 Å². The molecule has 1 amide bonds. The zero-order chi connectivity index (χ0) is 18.3. The summed E-state index contributed by atoms with van der Waals surface area (Å²) in [5.74, 6) is 0.807. The minimum atomic E-state index is -0.398. The quantitative estimate of drug-likeness (QED) is 0.464. The monoisotopic (exact) mass is 386 g/mol.